The molecule has 4 rings (SSSR count). The minimum Gasteiger partial charge on any atom is -0.379 e. The van der Waals surface area contributed by atoms with Crippen LogP contribution in [0.1, 0.15) is 80.2 Å². The van der Waals surface area contributed by atoms with Crippen LogP contribution in [0.15, 0.2) is 48.8 Å². The van der Waals surface area contributed by atoms with E-state index in [1.54, 1.807) is 12.4 Å². The van der Waals surface area contributed by atoms with Gasteiger partial charge in [0.1, 0.15) is 5.69 Å². The summed E-state index contributed by atoms with van der Waals surface area (Å²) in [5.41, 5.74) is 5.60. The number of hydrogen-bond donors (Lipinski definition) is 1. The van der Waals surface area contributed by atoms with Crippen LogP contribution in [0.5, 0.6) is 0 Å². The lowest BCUT2D eigenvalue weighted by atomic mass is 9.91. The highest BCUT2D eigenvalue weighted by molar-refractivity contribution is 5.85. The SMILES string of the molecule is CCCCCCCCc1ccc([C@H]2CCN[C@@H]2COCCc2cc(C)nnc2-c2ncccn2)cc1.Cl. The van der Waals surface area contributed by atoms with Crippen LogP contribution >= 0.6 is 12.4 Å². The summed E-state index contributed by atoms with van der Waals surface area (Å²) >= 11 is 0. The van der Waals surface area contributed by atoms with Crippen LogP contribution in [-0.4, -0.2) is 46.0 Å². The Balaban J connectivity index is 0.00000380. The fourth-order valence-electron chi connectivity index (χ4n) is 5.12. The van der Waals surface area contributed by atoms with Gasteiger partial charge in [-0.15, -0.1) is 17.5 Å². The summed E-state index contributed by atoms with van der Waals surface area (Å²) < 4.78 is 6.17. The zero-order chi connectivity index (χ0) is 25.0. The van der Waals surface area contributed by atoms with Gasteiger partial charge in [0.2, 0.25) is 0 Å². The summed E-state index contributed by atoms with van der Waals surface area (Å²) in [6.45, 7) is 6.61. The van der Waals surface area contributed by atoms with Gasteiger partial charge in [-0.1, -0.05) is 63.3 Å². The molecule has 7 heteroatoms. The van der Waals surface area contributed by atoms with Crippen molar-refractivity contribution in [3.63, 3.8) is 0 Å². The summed E-state index contributed by atoms with van der Waals surface area (Å²) in [4.78, 5) is 8.69. The predicted octanol–water partition coefficient (Wildman–Crippen LogP) is 6.27. The largest absolute Gasteiger partial charge is 0.379 e. The average Bonchev–Trinajstić information content (AvgIpc) is 3.38. The molecule has 0 unspecified atom stereocenters. The first-order valence-corrected chi connectivity index (χ1v) is 13.7. The molecule has 1 aromatic carbocycles. The normalized spacial score (nSPS) is 17.0. The van der Waals surface area contributed by atoms with Gasteiger partial charge in [-0.05, 0) is 68.0 Å². The molecule has 1 aliphatic rings. The highest BCUT2D eigenvalue weighted by Crippen LogP contribution is 2.28. The van der Waals surface area contributed by atoms with Gasteiger partial charge >= 0.3 is 0 Å². The lowest BCUT2D eigenvalue weighted by Crippen LogP contribution is -2.31. The highest BCUT2D eigenvalue weighted by Gasteiger charge is 2.28. The molecule has 0 aliphatic carbocycles. The molecule has 1 saturated heterocycles. The maximum Gasteiger partial charge on any atom is 0.180 e. The number of nitrogens with one attached hydrogen (secondary N) is 1. The van der Waals surface area contributed by atoms with Gasteiger partial charge in [-0.25, -0.2) is 9.97 Å². The van der Waals surface area contributed by atoms with E-state index in [4.69, 9.17) is 4.74 Å². The number of halogens is 1. The van der Waals surface area contributed by atoms with Crippen molar-refractivity contribution in [3.8, 4) is 11.5 Å². The molecule has 200 valence electrons. The summed E-state index contributed by atoms with van der Waals surface area (Å²) in [5, 5.41) is 12.2. The Labute approximate surface area is 228 Å². The number of hydrogen-bond acceptors (Lipinski definition) is 6. The van der Waals surface area contributed by atoms with E-state index in [2.05, 4.69) is 62.7 Å². The van der Waals surface area contributed by atoms with Gasteiger partial charge < -0.3 is 10.1 Å². The van der Waals surface area contributed by atoms with Crippen LogP contribution in [0, 0.1) is 6.92 Å². The van der Waals surface area contributed by atoms with E-state index < -0.39 is 0 Å². The van der Waals surface area contributed by atoms with Crippen molar-refractivity contribution in [2.24, 2.45) is 0 Å². The Morgan fingerprint density at radius 1 is 0.946 bits per heavy atom. The molecule has 1 N–H and O–H groups in total. The van der Waals surface area contributed by atoms with Gasteiger partial charge in [0.15, 0.2) is 5.82 Å². The second kappa shape index (κ2) is 15.8. The van der Waals surface area contributed by atoms with E-state index >= 15 is 0 Å². The van der Waals surface area contributed by atoms with E-state index in [-0.39, 0.29) is 12.4 Å². The molecule has 0 radical (unpaired) electrons. The fraction of sp³-hybridized carbons (Fsp3) is 0.533. The van der Waals surface area contributed by atoms with Gasteiger partial charge in [-0.2, -0.15) is 5.10 Å². The first-order valence-electron chi connectivity index (χ1n) is 13.7. The average molecular weight is 524 g/mol. The number of rotatable bonds is 14. The molecule has 37 heavy (non-hydrogen) atoms. The third-order valence-electron chi connectivity index (χ3n) is 7.16. The molecular formula is C30H42ClN5O. The van der Waals surface area contributed by atoms with Crippen LogP contribution in [0.2, 0.25) is 0 Å². The Morgan fingerprint density at radius 2 is 1.70 bits per heavy atom. The van der Waals surface area contributed by atoms with Crippen LogP contribution in [-0.2, 0) is 17.6 Å². The molecule has 3 heterocycles. The molecule has 2 atom stereocenters. The minimum absolute atomic E-state index is 0. The van der Waals surface area contributed by atoms with Crippen molar-refractivity contribution in [1.82, 2.24) is 25.5 Å². The maximum atomic E-state index is 6.17. The Bertz CT molecular complexity index is 1050. The zero-order valence-electron chi connectivity index (χ0n) is 22.4. The Kier molecular flexibility index (Phi) is 12.4. The number of unbranched alkanes of at least 4 members (excludes halogenated alkanes) is 5. The van der Waals surface area contributed by atoms with E-state index in [0.29, 0.717) is 31.0 Å². The van der Waals surface area contributed by atoms with Crippen molar-refractivity contribution in [2.75, 3.05) is 19.8 Å². The van der Waals surface area contributed by atoms with Gasteiger partial charge in [-0.3, -0.25) is 0 Å². The highest BCUT2D eigenvalue weighted by atomic mass is 35.5. The first-order chi connectivity index (χ1) is 17.7. The number of nitrogens with zero attached hydrogens (tertiary/aromatic N) is 4. The lowest BCUT2D eigenvalue weighted by molar-refractivity contribution is 0.114. The number of aryl methyl sites for hydroxylation is 2. The summed E-state index contributed by atoms with van der Waals surface area (Å²) in [6, 6.07) is 13.6. The lowest BCUT2D eigenvalue weighted by Gasteiger charge is -2.20. The summed E-state index contributed by atoms with van der Waals surface area (Å²) in [5.74, 6) is 1.11. The molecule has 2 aromatic heterocycles. The monoisotopic (exact) mass is 523 g/mol. The van der Waals surface area contributed by atoms with Gasteiger partial charge in [0.05, 0.1) is 18.9 Å². The Morgan fingerprint density at radius 3 is 2.49 bits per heavy atom. The fourth-order valence-corrected chi connectivity index (χ4v) is 5.12. The smallest absolute Gasteiger partial charge is 0.180 e. The molecule has 0 amide bonds. The molecule has 3 aromatic rings. The number of aromatic nitrogens is 4. The molecule has 1 aliphatic heterocycles. The molecule has 1 fully saturated rings. The number of ether oxygens (including phenoxy) is 1. The van der Waals surface area contributed by atoms with E-state index in [0.717, 1.165) is 36.3 Å². The minimum atomic E-state index is 0. The quantitative estimate of drug-likeness (QED) is 0.251. The second-order valence-corrected chi connectivity index (χ2v) is 9.97. The standard InChI is InChI=1S/C30H41N5O.ClH/c1-3-4-5-6-7-8-10-24-11-13-25(14-12-24)27-15-19-31-28(27)22-36-20-16-26-21-23(2)34-35-29(26)30-32-17-9-18-33-30;/h9,11-14,17-18,21,27-28,31H,3-8,10,15-16,19-20,22H2,1-2H3;1H/t27-,28-;/m1./s1. The van der Waals surface area contributed by atoms with Gasteiger partial charge in [0, 0.05) is 24.4 Å². The third-order valence-corrected chi connectivity index (χ3v) is 7.16. The number of benzene rings is 1. The maximum absolute atomic E-state index is 6.17. The second-order valence-electron chi connectivity index (χ2n) is 9.97. The van der Waals surface area contributed by atoms with Crippen molar-refractivity contribution in [2.45, 2.75) is 83.6 Å². The molecule has 0 bridgehead atoms. The van der Waals surface area contributed by atoms with Crippen LogP contribution in [0.3, 0.4) is 0 Å². The third kappa shape index (κ3) is 8.84. The summed E-state index contributed by atoms with van der Waals surface area (Å²) in [6.07, 6.45) is 14.7. The Hall–Kier alpha value is -2.41. The van der Waals surface area contributed by atoms with Crippen molar-refractivity contribution >= 4 is 12.4 Å². The molecule has 0 spiro atoms. The van der Waals surface area contributed by atoms with Crippen LogP contribution in [0.4, 0.5) is 0 Å². The van der Waals surface area contributed by atoms with Crippen molar-refractivity contribution < 1.29 is 4.74 Å². The zero-order valence-corrected chi connectivity index (χ0v) is 23.2. The topological polar surface area (TPSA) is 72.8 Å². The predicted molar refractivity (Wildman–Crippen MR) is 152 cm³/mol. The molecule has 6 nitrogen and oxygen atoms in total. The first kappa shape index (κ1) is 29.2. The molecular weight excluding hydrogens is 482 g/mol. The molecule has 0 saturated carbocycles. The van der Waals surface area contributed by atoms with E-state index in [9.17, 15) is 0 Å². The van der Waals surface area contributed by atoms with E-state index in [1.165, 1.54) is 56.1 Å². The van der Waals surface area contributed by atoms with Crippen LogP contribution < -0.4 is 5.32 Å². The van der Waals surface area contributed by atoms with Crippen molar-refractivity contribution in [3.05, 3.63) is 71.2 Å². The van der Waals surface area contributed by atoms with Crippen molar-refractivity contribution in [1.29, 1.82) is 0 Å². The summed E-state index contributed by atoms with van der Waals surface area (Å²) in [7, 11) is 0. The van der Waals surface area contributed by atoms with E-state index in [1.807, 2.05) is 13.0 Å². The van der Waals surface area contributed by atoms with Gasteiger partial charge in [0.25, 0.3) is 0 Å². The van der Waals surface area contributed by atoms with Crippen LogP contribution in [0.25, 0.3) is 11.5 Å².